The average Bonchev–Trinajstić information content (AvgIpc) is 2.97. The molecule has 1 unspecified atom stereocenters. The smallest absolute Gasteiger partial charge is 0.335 e. The molecule has 1 aliphatic rings. The number of aromatic carboxylic acids is 1. The Morgan fingerprint density at radius 2 is 1.96 bits per heavy atom. The summed E-state index contributed by atoms with van der Waals surface area (Å²) in [6.07, 6.45) is 2.55. The number of carbonyl (C=O) groups excluding carboxylic acids is 1. The maximum Gasteiger partial charge on any atom is 0.335 e. The molecule has 4 nitrogen and oxygen atoms in total. The third-order valence-electron chi connectivity index (χ3n) is 4.42. The van der Waals surface area contributed by atoms with E-state index in [2.05, 4.69) is 27.3 Å². The average molecular weight is 388 g/mol. The standard InChI is InChI=1S/C19H18BrNO3/c20-16-7-3-6-15-14(16)9-10-17(15)21-18(22)11-8-12-4-1-2-5-13(12)19(23)24/h1-7,17H,8-11H2,(H,21,22)(H,23,24). The van der Waals surface area contributed by atoms with Crippen molar-refractivity contribution in [1.82, 2.24) is 5.32 Å². The topological polar surface area (TPSA) is 66.4 Å². The van der Waals surface area contributed by atoms with Gasteiger partial charge in [0.1, 0.15) is 0 Å². The number of fused-ring (bicyclic) bond motifs is 1. The zero-order valence-corrected chi connectivity index (χ0v) is 14.7. The molecule has 0 fully saturated rings. The first-order valence-electron chi connectivity index (χ1n) is 7.94. The van der Waals surface area contributed by atoms with Crippen LogP contribution in [0.5, 0.6) is 0 Å². The van der Waals surface area contributed by atoms with E-state index >= 15 is 0 Å². The summed E-state index contributed by atoms with van der Waals surface area (Å²) in [5, 5.41) is 12.3. The molecular formula is C19H18BrNO3. The van der Waals surface area contributed by atoms with Gasteiger partial charge >= 0.3 is 5.97 Å². The molecule has 24 heavy (non-hydrogen) atoms. The Bertz CT molecular complexity index is 788. The van der Waals surface area contributed by atoms with Crippen LogP contribution in [-0.2, 0) is 17.6 Å². The summed E-state index contributed by atoms with van der Waals surface area (Å²) < 4.78 is 1.09. The van der Waals surface area contributed by atoms with Crippen molar-refractivity contribution in [2.24, 2.45) is 0 Å². The molecule has 0 bridgehead atoms. The highest BCUT2D eigenvalue weighted by Gasteiger charge is 2.25. The van der Waals surface area contributed by atoms with Crippen LogP contribution in [0.3, 0.4) is 0 Å². The molecule has 0 radical (unpaired) electrons. The van der Waals surface area contributed by atoms with Gasteiger partial charge in [-0.1, -0.05) is 46.3 Å². The molecule has 2 aromatic rings. The molecule has 3 rings (SSSR count). The molecule has 0 aliphatic heterocycles. The highest BCUT2D eigenvalue weighted by molar-refractivity contribution is 9.10. The van der Waals surface area contributed by atoms with Gasteiger partial charge in [-0.25, -0.2) is 4.79 Å². The zero-order valence-electron chi connectivity index (χ0n) is 13.1. The molecule has 0 saturated carbocycles. The second kappa shape index (κ2) is 7.18. The molecule has 1 amide bonds. The SMILES string of the molecule is O=C(CCc1ccccc1C(=O)O)NC1CCc2c(Br)cccc21. The van der Waals surface area contributed by atoms with E-state index in [1.165, 1.54) is 11.1 Å². The van der Waals surface area contributed by atoms with Crippen molar-refractivity contribution >= 4 is 27.8 Å². The molecule has 2 N–H and O–H groups in total. The monoisotopic (exact) mass is 387 g/mol. The van der Waals surface area contributed by atoms with Gasteiger partial charge in [0.05, 0.1) is 11.6 Å². The van der Waals surface area contributed by atoms with E-state index in [0.717, 1.165) is 17.3 Å². The van der Waals surface area contributed by atoms with Crippen molar-refractivity contribution in [3.05, 3.63) is 69.2 Å². The first kappa shape index (κ1) is 16.7. The minimum absolute atomic E-state index is 0.0414. The number of carboxylic acid groups (broad SMARTS) is 1. The molecule has 1 atom stereocenters. The zero-order chi connectivity index (χ0) is 17.1. The number of rotatable bonds is 5. The van der Waals surface area contributed by atoms with Gasteiger partial charge in [-0.3, -0.25) is 4.79 Å². The third kappa shape index (κ3) is 3.51. The Morgan fingerprint density at radius 3 is 2.75 bits per heavy atom. The second-order valence-electron chi connectivity index (χ2n) is 5.93. The van der Waals surface area contributed by atoms with Gasteiger partial charge in [0.2, 0.25) is 5.91 Å². The van der Waals surface area contributed by atoms with Crippen molar-refractivity contribution in [3.63, 3.8) is 0 Å². The Hall–Kier alpha value is -2.14. The molecular weight excluding hydrogens is 370 g/mol. The van der Waals surface area contributed by atoms with Gasteiger partial charge in [0.15, 0.2) is 0 Å². The molecule has 1 aliphatic carbocycles. The maximum absolute atomic E-state index is 12.3. The fraction of sp³-hybridized carbons (Fsp3) is 0.263. The van der Waals surface area contributed by atoms with E-state index in [1.54, 1.807) is 24.3 Å². The summed E-state index contributed by atoms with van der Waals surface area (Å²) in [4.78, 5) is 23.5. The summed E-state index contributed by atoms with van der Waals surface area (Å²) in [7, 11) is 0. The van der Waals surface area contributed by atoms with Crippen LogP contribution in [-0.4, -0.2) is 17.0 Å². The lowest BCUT2D eigenvalue weighted by Crippen LogP contribution is -2.27. The quantitative estimate of drug-likeness (QED) is 0.817. The van der Waals surface area contributed by atoms with E-state index in [0.29, 0.717) is 12.0 Å². The molecule has 0 aromatic heterocycles. The molecule has 0 heterocycles. The number of hydrogen-bond donors (Lipinski definition) is 2. The van der Waals surface area contributed by atoms with Crippen molar-refractivity contribution < 1.29 is 14.7 Å². The number of carboxylic acids is 1. The Morgan fingerprint density at radius 1 is 1.17 bits per heavy atom. The van der Waals surface area contributed by atoms with Gasteiger partial charge in [-0.05, 0) is 48.1 Å². The van der Waals surface area contributed by atoms with Crippen LogP contribution in [0.25, 0.3) is 0 Å². The number of carbonyl (C=O) groups is 2. The van der Waals surface area contributed by atoms with Crippen molar-refractivity contribution in [2.45, 2.75) is 31.7 Å². The number of amides is 1. The predicted molar refractivity (Wildman–Crippen MR) is 95.1 cm³/mol. The summed E-state index contributed by atoms with van der Waals surface area (Å²) in [6.45, 7) is 0. The Balaban J connectivity index is 1.62. The van der Waals surface area contributed by atoms with Gasteiger partial charge in [0.25, 0.3) is 0 Å². The number of hydrogen-bond acceptors (Lipinski definition) is 2. The van der Waals surface area contributed by atoms with Crippen LogP contribution in [0.2, 0.25) is 0 Å². The lowest BCUT2D eigenvalue weighted by Gasteiger charge is -2.14. The van der Waals surface area contributed by atoms with E-state index in [-0.39, 0.29) is 23.9 Å². The van der Waals surface area contributed by atoms with Gasteiger partial charge < -0.3 is 10.4 Å². The normalized spacial score (nSPS) is 15.8. The summed E-state index contributed by atoms with van der Waals surface area (Å²) in [6, 6.07) is 12.9. The summed E-state index contributed by atoms with van der Waals surface area (Å²) >= 11 is 3.56. The summed E-state index contributed by atoms with van der Waals surface area (Å²) in [5.74, 6) is -1.01. The van der Waals surface area contributed by atoms with E-state index in [4.69, 9.17) is 0 Å². The van der Waals surface area contributed by atoms with Gasteiger partial charge in [-0.2, -0.15) is 0 Å². The lowest BCUT2D eigenvalue weighted by atomic mass is 10.0. The van der Waals surface area contributed by atoms with Gasteiger partial charge in [0, 0.05) is 10.9 Å². The highest BCUT2D eigenvalue weighted by atomic mass is 79.9. The molecule has 2 aromatic carbocycles. The molecule has 0 spiro atoms. The maximum atomic E-state index is 12.3. The van der Waals surface area contributed by atoms with Crippen LogP contribution >= 0.6 is 15.9 Å². The number of nitrogens with one attached hydrogen (secondary N) is 1. The first-order chi connectivity index (χ1) is 11.6. The third-order valence-corrected chi connectivity index (χ3v) is 5.16. The van der Waals surface area contributed by atoms with Crippen LogP contribution in [0.1, 0.15) is 45.9 Å². The number of aryl methyl sites for hydroxylation is 1. The highest BCUT2D eigenvalue weighted by Crippen LogP contribution is 2.35. The van der Waals surface area contributed by atoms with E-state index in [9.17, 15) is 14.7 Å². The van der Waals surface area contributed by atoms with Crippen LogP contribution in [0.4, 0.5) is 0 Å². The molecule has 5 heteroatoms. The number of benzene rings is 2. The van der Waals surface area contributed by atoms with Crippen molar-refractivity contribution in [2.75, 3.05) is 0 Å². The fourth-order valence-corrected chi connectivity index (χ4v) is 3.80. The largest absolute Gasteiger partial charge is 0.478 e. The van der Waals surface area contributed by atoms with Crippen molar-refractivity contribution in [1.29, 1.82) is 0 Å². The van der Waals surface area contributed by atoms with E-state index in [1.807, 2.05) is 12.1 Å². The first-order valence-corrected chi connectivity index (χ1v) is 8.73. The second-order valence-corrected chi connectivity index (χ2v) is 6.78. The summed E-state index contributed by atoms with van der Waals surface area (Å²) in [5.41, 5.74) is 3.39. The van der Waals surface area contributed by atoms with Crippen LogP contribution < -0.4 is 5.32 Å². The van der Waals surface area contributed by atoms with Crippen molar-refractivity contribution in [3.8, 4) is 0 Å². The molecule has 124 valence electrons. The number of halogens is 1. The van der Waals surface area contributed by atoms with Crippen LogP contribution in [0.15, 0.2) is 46.9 Å². The minimum Gasteiger partial charge on any atom is -0.478 e. The fourth-order valence-electron chi connectivity index (χ4n) is 3.22. The predicted octanol–water partition coefficient (Wildman–Crippen LogP) is 3.88. The van der Waals surface area contributed by atoms with Gasteiger partial charge in [-0.15, -0.1) is 0 Å². The Kier molecular flexibility index (Phi) is 5.00. The Labute approximate surface area is 149 Å². The lowest BCUT2D eigenvalue weighted by molar-refractivity contribution is -0.121. The van der Waals surface area contributed by atoms with Crippen LogP contribution in [0, 0.1) is 0 Å². The minimum atomic E-state index is -0.958. The van der Waals surface area contributed by atoms with E-state index < -0.39 is 5.97 Å². The molecule has 0 saturated heterocycles.